The molecule has 1 atom stereocenters. The summed E-state index contributed by atoms with van der Waals surface area (Å²) >= 11 is 6.17. The molecule has 15 nitrogen and oxygen atoms in total. The number of hydrogen-bond acceptors (Lipinski definition) is 9. The van der Waals surface area contributed by atoms with E-state index in [2.05, 4.69) is 36.5 Å². The molecule has 5 rings (SSSR count). The van der Waals surface area contributed by atoms with E-state index in [1.54, 1.807) is 75.5 Å². The van der Waals surface area contributed by atoms with Crippen molar-refractivity contribution in [3.63, 3.8) is 0 Å². The fourth-order valence-corrected chi connectivity index (χ4v) is 5.27. The molecule has 2 aromatic heterocycles. The average Bonchev–Trinajstić information content (AvgIpc) is 3.64. The summed E-state index contributed by atoms with van der Waals surface area (Å²) in [5.74, 6) is -4.27. The summed E-state index contributed by atoms with van der Waals surface area (Å²) < 4.78 is 1.27. The Hall–Kier alpha value is -6.48. The highest BCUT2D eigenvalue weighted by Gasteiger charge is 2.35. The number of aromatic nitrogens is 5. The molecule has 0 aliphatic heterocycles. The Bertz CT molecular complexity index is 2050. The van der Waals surface area contributed by atoms with Crippen molar-refractivity contribution in [2.45, 2.75) is 38.8 Å². The number of tetrazole rings is 1. The van der Waals surface area contributed by atoms with Gasteiger partial charge in [0.2, 0.25) is 5.91 Å². The molecule has 260 valence electrons. The number of amides is 4. The van der Waals surface area contributed by atoms with E-state index in [1.807, 2.05) is 0 Å². The van der Waals surface area contributed by atoms with Crippen LogP contribution in [0.3, 0.4) is 0 Å². The molecule has 5 aromatic rings. The molecule has 16 heteroatoms. The maximum Gasteiger partial charge on any atom is 0.335 e. The van der Waals surface area contributed by atoms with Crippen LogP contribution in [-0.4, -0.2) is 71.5 Å². The molecule has 0 saturated heterocycles. The number of carbonyl (C=O) groups is 5. The van der Waals surface area contributed by atoms with Gasteiger partial charge in [-0.2, -0.15) is 4.68 Å². The molecule has 0 radical (unpaired) electrons. The third-order valence-corrected chi connectivity index (χ3v) is 7.69. The van der Waals surface area contributed by atoms with Gasteiger partial charge in [0.15, 0.2) is 0 Å². The van der Waals surface area contributed by atoms with Gasteiger partial charge < -0.3 is 26.0 Å². The van der Waals surface area contributed by atoms with Gasteiger partial charge in [0, 0.05) is 40.8 Å². The van der Waals surface area contributed by atoms with Crippen LogP contribution < -0.4 is 20.9 Å². The third-order valence-electron chi connectivity index (χ3n) is 7.45. The van der Waals surface area contributed by atoms with Gasteiger partial charge in [-0.3, -0.25) is 24.2 Å². The number of nitrogens with zero attached hydrogens (tertiary/aromatic N) is 6. The van der Waals surface area contributed by atoms with E-state index in [0.717, 1.165) is 0 Å². The lowest BCUT2D eigenvalue weighted by Crippen LogP contribution is -2.57. The summed E-state index contributed by atoms with van der Waals surface area (Å²) in [6, 6.07) is 18.9. The van der Waals surface area contributed by atoms with Crippen LogP contribution in [0.25, 0.3) is 5.69 Å². The van der Waals surface area contributed by atoms with E-state index in [9.17, 15) is 29.1 Å². The van der Waals surface area contributed by atoms with Crippen molar-refractivity contribution in [1.29, 1.82) is 0 Å². The van der Waals surface area contributed by atoms with E-state index in [-0.39, 0.29) is 28.6 Å². The Labute approximate surface area is 296 Å². The summed E-state index contributed by atoms with van der Waals surface area (Å²) in [5.41, 5.74) is 1.46. The number of nitrogens with one attached hydrogen (secondary N) is 3. The standard InChI is InChI=1S/C35H32ClN9O6/c1-35(2,3)45(26-13-8-22(9-14-26)34(50)51)33(49)28(17-21-6-11-25(12-7-21)39-30(46)23-5-4-16-37-19-23)41-32(48)31(47)40-27-18-24(36)10-15-29(27)44-20-38-42-43-44/h4-16,18-20,28H,17H2,1-3H3,(H,39,46)(H,40,47)(H,41,48)(H,50,51). The van der Waals surface area contributed by atoms with E-state index in [0.29, 0.717) is 28.2 Å². The molecule has 0 aliphatic rings. The molecule has 2 heterocycles. The van der Waals surface area contributed by atoms with Gasteiger partial charge >= 0.3 is 17.8 Å². The molecule has 4 N–H and O–H groups in total. The Morgan fingerprint density at radius 3 is 2.24 bits per heavy atom. The molecule has 0 fully saturated rings. The second-order valence-corrected chi connectivity index (χ2v) is 12.6. The lowest BCUT2D eigenvalue weighted by Gasteiger charge is -2.38. The topological polar surface area (TPSA) is 201 Å². The Morgan fingerprint density at radius 2 is 1.63 bits per heavy atom. The zero-order valence-electron chi connectivity index (χ0n) is 27.6. The summed E-state index contributed by atoms with van der Waals surface area (Å²) in [5, 5.41) is 28.6. The highest BCUT2D eigenvalue weighted by molar-refractivity contribution is 6.40. The fraction of sp³-hybridized carbons (Fsp3) is 0.171. The number of carboxylic acid groups (broad SMARTS) is 1. The molecule has 0 aliphatic carbocycles. The van der Waals surface area contributed by atoms with Gasteiger partial charge in [-0.1, -0.05) is 23.7 Å². The third kappa shape index (κ3) is 8.96. The molecular formula is C35H32ClN9O6. The number of carbonyl (C=O) groups excluding carboxylic acids is 4. The van der Waals surface area contributed by atoms with Crippen LogP contribution in [0, 0.1) is 0 Å². The summed E-state index contributed by atoms with van der Waals surface area (Å²) in [4.78, 5) is 70.7. The largest absolute Gasteiger partial charge is 0.478 e. The first-order valence-electron chi connectivity index (χ1n) is 15.4. The predicted molar refractivity (Wildman–Crippen MR) is 188 cm³/mol. The first kappa shape index (κ1) is 35.8. The smallest absolute Gasteiger partial charge is 0.335 e. The van der Waals surface area contributed by atoms with Gasteiger partial charge in [0.05, 0.1) is 22.5 Å². The van der Waals surface area contributed by atoms with Gasteiger partial charge in [0.1, 0.15) is 12.4 Å². The van der Waals surface area contributed by atoms with Crippen LogP contribution in [0.5, 0.6) is 0 Å². The monoisotopic (exact) mass is 709 g/mol. The highest BCUT2D eigenvalue weighted by Crippen LogP contribution is 2.27. The zero-order chi connectivity index (χ0) is 36.7. The molecule has 0 bridgehead atoms. The van der Waals surface area contributed by atoms with Crippen LogP contribution in [0.4, 0.5) is 17.1 Å². The number of carboxylic acids is 1. The highest BCUT2D eigenvalue weighted by atomic mass is 35.5. The van der Waals surface area contributed by atoms with Crippen molar-refractivity contribution >= 4 is 58.3 Å². The second kappa shape index (κ2) is 15.4. The van der Waals surface area contributed by atoms with Crippen molar-refractivity contribution in [2.75, 3.05) is 15.5 Å². The number of aromatic carboxylic acids is 1. The SMILES string of the molecule is CC(C)(C)N(C(=O)C(Cc1ccc(NC(=O)c2cccnc2)cc1)NC(=O)C(=O)Nc1cc(Cl)ccc1-n1cnnn1)c1ccc(C(=O)O)cc1. The Balaban J connectivity index is 1.42. The number of anilines is 3. The minimum Gasteiger partial charge on any atom is -0.478 e. The van der Waals surface area contributed by atoms with Crippen molar-refractivity contribution in [3.05, 3.63) is 119 Å². The van der Waals surface area contributed by atoms with E-state index in [4.69, 9.17) is 11.6 Å². The molecule has 0 spiro atoms. The van der Waals surface area contributed by atoms with Gasteiger partial charge in [0.25, 0.3) is 5.91 Å². The van der Waals surface area contributed by atoms with Gasteiger partial charge in [-0.25, -0.2) is 4.79 Å². The quantitative estimate of drug-likeness (QED) is 0.153. The summed E-state index contributed by atoms with van der Waals surface area (Å²) in [7, 11) is 0. The Kier molecular flexibility index (Phi) is 10.8. The second-order valence-electron chi connectivity index (χ2n) is 12.2. The van der Waals surface area contributed by atoms with Gasteiger partial charge in [-0.05, 0) is 103 Å². The first-order valence-corrected chi connectivity index (χ1v) is 15.8. The maximum absolute atomic E-state index is 14.4. The lowest BCUT2D eigenvalue weighted by molar-refractivity contribution is -0.137. The minimum atomic E-state index is -1.28. The maximum atomic E-state index is 14.4. The van der Waals surface area contributed by atoms with Crippen LogP contribution >= 0.6 is 11.6 Å². The number of pyridine rings is 1. The number of hydrogen-bond donors (Lipinski definition) is 4. The molecule has 51 heavy (non-hydrogen) atoms. The zero-order valence-corrected chi connectivity index (χ0v) is 28.3. The first-order chi connectivity index (χ1) is 24.3. The van der Waals surface area contributed by atoms with Crippen molar-refractivity contribution in [2.24, 2.45) is 0 Å². The molecule has 1 unspecified atom stereocenters. The minimum absolute atomic E-state index is 0.0272. The molecule has 0 saturated carbocycles. The summed E-state index contributed by atoms with van der Waals surface area (Å²) in [6.07, 6.45) is 4.24. The molecule has 4 amide bonds. The molecule has 3 aromatic carbocycles. The van der Waals surface area contributed by atoms with Crippen molar-refractivity contribution in [1.82, 2.24) is 30.5 Å². The van der Waals surface area contributed by atoms with E-state index < -0.39 is 35.3 Å². The van der Waals surface area contributed by atoms with Crippen molar-refractivity contribution < 1.29 is 29.1 Å². The van der Waals surface area contributed by atoms with Crippen LogP contribution in [0.15, 0.2) is 97.6 Å². The van der Waals surface area contributed by atoms with E-state index in [1.165, 1.54) is 52.4 Å². The molecular weight excluding hydrogens is 678 g/mol. The van der Waals surface area contributed by atoms with Crippen LogP contribution in [0.1, 0.15) is 47.1 Å². The Morgan fingerprint density at radius 1 is 0.902 bits per heavy atom. The van der Waals surface area contributed by atoms with Crippen LogP contribution in [0.2, 0.25) is 5.02 Å². The van der Waals surface area contributed by atoms with E-state index >= 15 is 0 Å². The number of benzene rings is 3. The van der Waals surface area contributed by atoms with Gasteiger partial charge in [-0.15, -0.1) is 5.10 Å². The number of halogens is 1. The van der Waals surface area contributed by atoms with Crippen LogP contribution in [-0.2, 0) is 20.8 Å². The normalized spacial score (nSPS) is 11.6. The average molecular weight is 710 g/mol. The van der Waals surface area contributed by atoms with Crippen molar-refractivity contribution in [3.8, 4) is 5.69 Å². The number of rotatable bonds is 10. The predicted octanol–water partition coefficient (Wildman–Crippen LogP) is 4.16. The summed E-state index contributed by atoms with van der Waals surface area (Å²) in [6.45, 7) is 5.34. The lowest BCUT2D eigenvalue weighted by atomic mass is 9.98. The fourth-order valence-electron chi connectivity index (χ4n) is 5.10.